The number of aromatic nitrogens is 2. The zero-order valence-electron chi connectivity index (χ0n) is 12.8. The van der Waals surface area contributed by atoms with Gasteiger partial charge in [-0.15, -0.1) is 10.2 Å². The molecule has 4 nitrogen and oxygen atoms in total. The number of hydrogen-bond donors (Lipinski definition) is 0. The van der Waals surface area contributed by atoms with E-state index in [1.54, 1.807) is 0 Å². The van der Waals surface area contributed by atoms with Crippen LogP contribution < -0.4 is 0 Å². The number of nitrogens with zero attached hydrogens (tertiary/aromatic N) is 2. The minimum absolute atomic E-state index is 0.00909. The van der Waals surface area contributed by atoms with E-state index in [1.807, 2.05) is 58.0 Å². The van der Waals surface area contributed by atoms with Crippen LogP contribution >= 0.6 is 11.3 Å². The van der Waals surface area contributed by atoms with Crippen LogP contribution in [0.1, 0.15) is 45.0 Å². The van der Waals surface area contributed by atoms with Gasteiger partial charge in [0.15, 0.2) is 0 Å². The van der Waals surface area contributed by atoms with E-state index in [9.17, 15) is 4.79 Å². The first-order valence-electron chi connectivity index (χ1n) is 6.96. The highest BCUT2D eigenvalue weighted by molar-refractivity contribution is 7.14. The number of benzene rings is 1. The molecule has 0 aliphatic carbocycles. The Kier molecular flexibility index (Phi) is 4.73. The Bertz CT molecular complexity index is 602. The molecule has 0 fully saturated rings. The third-order valence-corrected chi connectivity index (χ3v) is 3.98. The van der Waals surface area contributed by atoms with Crippen LogP contribution in [-0.2, 0) is 9.53 Å². The van der Waals surface area contributed by atoms with Crippen LogP contribution in [0.4, 0.5) is 0 Å². The van der Waals surface area contributed by atoms with Gasteiger partial charge in [0.05, 0.1) is 6.42 Å². The molecular weight excluding hydrogens is 284 g/mol. The maximum absolute atomic E-state index is 11.9. The lowest BCUT2D eigenvalue weighted by Crippen LogP contribution is -2.24. The molecule has 0 spiro atoms. The summed E-state index contributed by atoms with van der Waals surface area (Å²) in [5.41, 5.74) is 0.596. The topological polar surface area (TPSA) is 52.1 Å². The van der Waals surface area contributed by atoms with E-state index >= 15 is 0 Å². The molecule has 0 unspecified atom stereocenters. The first-order chi connectivity index (χ1) is 9.85. The summed E-state index contributed by atoms with van der Waals surface area (Å²) in [7, 11) is 0. The average molecular weight is 304 g/mol. The van der Waals surface area contributed by atoms with Gasteiger partial charge in [0, 0.05) is 11.5 Å². The van der Waals surface area contributed by atoms with Crippen LogP contribution in [-0.4, -0.2) is 21.8 Å². The van der Waals surface area contributed by atoms with Gasteiger partial charge in [-0.05, 0) is 20.8 Å². The van der Waals surface area contributed by atoms with Gasteiger partial charge in [-0.25, -0.2) is 0 Å². The molecule has 1 heterocycles. The van der Waals surface area contributed by atoms with E-state index in [1.165, 1.54) is 11.3 Å². The average Bonchev–Trinajstić information content (AvgIpc) is 2.87. The van der Waals surface area contributed by atoms with Crippen LogP contribution in [0.25, 0.3) is 10.6 Å². The Hall–Kier alpha value is -1.75. The summed E-state index contributed by atoms with van der Waals surface area (Å²) in [6, 6.07) is 9.92. The minimum atomic E-state index is -0.451. The van der Waals surface area contributed by atoms with Gasteiger partial charge < -0.3 is 4.74 Å². The molecule has 0 aliphatic rings. The van der Waals surface area contributed by atoms with Crippen molar-refractivity contribution < 1.29 is 9.53 Å². The second-order valence-electron chi connectivity index (χ2n) is 6.00. The predicted octanol–water partition coefficient (Wildman–Crippen LogP) is 4.04. The molecule has 2 aromatic rings. The molecule has 0 saturated heterocycles. The van der Waals surface area contributed by atoms with Crippen molar-refractivity contribution in [1.82, 2.24) is 10.2 Å². The minimum Gasteiger partial charge on any atom is -0.460 e. The molecule has 0 aliphatic heterocycles. The SMILES string of the molecule is C[C@H](CC(=O)OC(C)(C)C)c1nnc(-c2ccccc2)s1. The maximum Gasteiger partial charge on any atom is 0.307 e. The monoisotopic (exact) mass is 304 g/mol. The van der Waals surface area contributed by atoms with Crippen molar-refractivity contribution in [2.75, 3.05) is 0 Å². The van der Waals surface area contributed by atoms with E-state index in [0.717, 1.165) is 15.6 Å². The Morgan fingerprint density at radius 2 is 1.90 bits per heavy atom. The quantitative estimate of drug-likeness (QED) is 0.800. The van der Waals surface area contributed by atoms with Crippen LogP contribution in [0.2, 0.25) is 0 Å². The van der Waals surface area contributed by atoms with Crippen molar-refractivity contribution in [2.24, 2.45) is 0 Å². The van der Waals surface area contributed by atoms with E-state index < -0.39 is 5.60 Å². The van der Waals surface area contributed by atoms with E-state index in [2.05, 4.69) is 10.2 Å². The molecule has 1 aromatic heterocycles. The van der Waals surface area contributed by atoms with E-state index in [-0.39, 0.29) is 11.9 Å². The van der Waals surface area contributed by atoms with E-state index in [4.69, 9.17) is 4.74 Å². The van der Waals surface area contributed by atoms with Gasteiger partial charge in [0.2, 0.25) is 0 Å². The van der Waals surface area contributed by atoms with Crippen molar-refractivity contribution in [3.05, 3.63) is 35.3 Å². The second kappa shape index (κ2) is 6.35. The highest BCUT2D eigenvalue weighted by Gasteiger charge is 2.21. The molecule has 5 heteroatoms. The molecule has 1 atom stereocenters. The lowest BCUT2D eigenvalue weighted by atomic mass is 10.1. The summed E-state index contributed by atoms with van der Waals surface area (Å²) in [5.74, 6) is -0.193. The summed E-state index contributed by atoms with van der Waals surface area (Å²) in [4.78, 5) is 11.9. The number of hydrogen-bond acceptors (Lipinski definition) is 5. The smallest absolute Gasteiger partial charge is 0.307 e. The van der Waals surface area contributed by atoms with Gasteiger partial charge >= 0.3 is 5.97 Å². The predicted molar refractivity (Wildman–Crippen MR) is 84.2 cm³/mol. The Morgan fingerprint density at radius 3 is 2.52 bits per heavy atom. The lowest BCUT2D eigenvalue weighted by Gasteiger charge is -2.20. The third-order valence-electron chi connectivity index (χ3n) is 2.78. The fourth-order valence-corrected chi connectivity index (χ4v) is 2.75. The molecule has 0 amide bonds. The number of rotatable bonds is 4. The second-order valence-corrected chi connectivity index (χ2v) is 7.01. The normalized spacial score (nSPS) is 13.0. The van der Waals surface area contributed by atoms with E-state index in [0.29, 0.717) is 6.42 Å². The summed E-state index contributed by atoms with van der Waals surface area (Å²) in [5, 5.41) is 10.1. The standard InChI is InChI=1S/C16H20N2O2S/c1-11(10-13(19)20-16(2,3)4)14-17-18-15(21-14)12-8-6-5-7-9-12/h5-9,11H,10H2,1-4H3/t11-/m1/s1. The van der Waals surface area contributed by atoms with Gasteiger partial charge in [-0.2, -0.15) is 0 Å². The van der Waals surface area contributed by atoms with Gasteiger partial charge in [-0.3, -0.25) is 4.79 Å². The highest BCUT2D eigenvalue weighted by Crippen LogP contribution is 2.29. The zero-order valence-corrected chi connectivity index (χ0v) is 13.6. The summed E-state index contributed by atoms with van der Waals surface area (Å²) in [6.07, 6.45) is 0.320. The molecule has 2 rings (SSSR count). The lowest BCUT2D eigenvalue weighted by molar-refractivity contribution is -0.155. The maximum atomic E-state index is 11.9. The van der Waals surface area contributed by atoms with Gasteiger partial charge in [-0.1, -0.05) is 48.6 Å². The summed E-state index contributed by atoms with van der Waals surface area (Å²) < 4.78 is 5.34. The highest BCUT2D eigenvalue weighted by atomic mass is 32.1. The van der Waals surface area contributed by atoms with Crippen LogP contribution in [0.3, 0.4) is 0 Å². The summed E-state index contributed by atoms with van der Waals surface area (Å²) >= 11 is 1.52. The van der Waals surface area contributed by atoms with Crippen molar-refractivity contribution >= 4 is 17.3 Å². The van der Waals surface area contributed by atoms with Crippen LogP contribution in [0, 0.1) is 0 Å². The molecule has 1 aromatic carbocycles. The van der Waals surface area contributed by atoms with Gasteiger partial charge in [0.25, 0.3) is 0 Å². The Balaban J connectivity index is 2.03. The van der Waals surface area contributed by atoms with Crippen molar-refractivity contribution in [1.29, 1.82) is 0 Å². The van der Waals surface area contributed by atoms with Crippen LogP contribution in [0.15, 0.2) is 30.3 Å². The fraction of sp³-hybridized carbons (Fsp3) is 0.438. The van der Waals surface area contributed by atoms with Crippen molar-refractivity contribution in [3.63, 3.8) is 0 Å². The van der Waals surface area contributed by atoms with Gasteiger partial charge in [0.1, 0.15) is 15.6 Å². The summed E-state index contributed by atoms with van der Waals surface area (Å²) in [6.45, 7) is 7.58. The molecule has 0 bridgehead atoms. The molecule has 0 saturated carbocycles. The number of carbonyl (C=O) groups is 1. The van der Waals surface area contributed by atoms with Crippen LogP contribution in [0.5, 0.6) is 0 Å². The van der Waals surface area contributed by atoms with Crippen molar-refractivity contribution in [2.45, 2.75) is 45.6 Å². The zero-order chi connectivity index (χ0) is 15.5. The number of esters is 1. The number of carbonyl (C=O) groups excluding carboxylic acids is 1. The molecule has 112 valence electrons. The first-order valence-corrected chi connectivity index (χ1v) is 7.77. The molecule has 0 N–H and O–H groups in total. The number of ether oxygens (including phenoxy) is 1. The first kappa shape index (κ1) is 15.6. The fourth-order valence-electron chi connectivity index (χ4n) is 1.85. The third kappa shape index (κ3) is 4.63. The largest absolute Gasteiger partial charge is 0.460 e. The molecular formula is C16H20N2O2S. The Morgan fingerprint density at radius 1 is 1.24 bits per heavy atom. The molecule has 0 radical (unpaired) electrons. The molecule has 21 heavy (non-hydrogen) atoms. The van der Waals surface area contributed by atoms with Crippen molar-refractivity contribution in [3.8, 4) is 10.6 Å². The Labute approximate surface area is 129 Å².